The molecule has 0 unspecified atom stereocenters. The highest BCUT2D eigenvalue weighted by atomic mass is 79.9. The predicted molar refractivity (Wildman–Crippen MR) is 87.3 cm³/mol. The molecule has 0 fully saturated rings. The highest BCUT2D eigenvalue weighted by molar-refractivity contribution is 9.10. The molecule has 0 spiro atoms. The van der Waals surface area contributed by atoms with E-state index >= 15 is 0 Å². The summed E-state index contributed by atoms with van der Waals surface area (Å²) >= 11 is 3.31. The van der Waals surface area contributed by atoms with Crippen LogP contribution in [0.1, 0.15) is 12.5 Å². The number of ether oxygens (including phenoxy) is 2. The van der Waals surface area contributed by atoms with Crippen LogP contribution in [0.4, 0.5) is 5.69 Å². The van der Waals surface area contributed by atoms with Crippen LogP contribution >= 0.6 is 15.9 Å². The Morgan fingerprint density at radius 2 is 2.00 bits per heavy atom. The summed E-state index contributed by atoms with van der Waals surface area (Å²) in [7, 11) is 1.62. The first kappa shape index (κ1) is 15.5. The van der Waals surface area contributed by atoms with Crippen molar-refractivity contribution in [1.29, 1.82) is 0 Å². The molecule has 5 heteroatoms. The lowest BCUT2D eigenvalue weighted by Gasteiger charge is -2.13. The molecule has 0 atom stereocenters. The average Bonchev–Trinajstić information content (AvgIpc) is 2.49. The molecule has 0 heterocycles. The van der Waals surface area contributed by atoms with E-state index in [1.165, 1.54) is 0 Å². The third-order valence-electron chi connectivity index (χ3n) is 3.02. The Balaban J connectivity index is 2.13. The van der Waals surface area contributed by atoms with E-state index < -0.39 is 0 Å². The Labute approximate surface area is 132 Å². The van der Waals surface area contributed by atoms with Gasteiger partial charge in [-0.05, 0) is 41.1 Å². The second-order valence-corrected chi connectivity index (χ2v) is 5.25. The van der Waals surface area contributed by atoms with Gasteiger partial charge in [-0.3, -0.25) is 0 Å². The molecule has 21 heavy (non-hydrogen) atoms. The SMILES string of the molecule is CCOc1cc(NCc2cccc(Br)c2O)ccc1OC. The number of benzene rings is 2. The second kappa shape index (κ2) is 7.22. The van der Waals surface area contributed by atoms with Gasteiger partial charge in [0.05, 0.1) is 18.2 Å². The lowest BCUT2D eigenvalue weighted by atomic mass is 10.2. The zero-order valence-electron chi connectivity index (χ0n) is 12.0. The number of nitrogens with one attached hydrogen (secondary N) is 1. The van der Waals surface area contributed by atoms with Crippen molar-refractivity contribution in [2.24, 2.45) is 0 Å². The van der Waals surface area contributed by atoms with E-state index in [0.29, 0.717) is 29.1 Å². The third kappa shape index (κ3) is 3.82. The summed E-state index contributed by atoms with van der Waals surface area (Å²) in [5, 5.41) is 13.2. The molecule has 0 aromatic heterocycles. The fourth-order valence-corrected chi connectivity index (χ4v) is 2.36. The van der Waals surface area contributed by atoms with Crippen molar-refractivity contribution < 1.29 is 14.6 Å². The molecule has 0 saturated carbocycles. The number of rotatable bonds is 6. The summed E-state index contributed by atoms with van der Waals surface area (Å²) in [6.45, 7) is 3.02. The van der Waals surface area contributed by atoms with Gasteiger partial charge in [0.15, 0.2) is 11.5 Å². The minimum Gasteiger partial charge on any atom is -0.506 e. The zero-order chi connectivity index (χ0) is 15.2. The van der Waals surface area contributed by atoms with Crippen LogP contribution in [0, 0.1) is 0 Å². The number of hydrogen-bond donors (Lipinski definition) is 2. The van der Waals surface area contributed by atoms with Crippen LogP contribution in [0.15, 0.2) is 40.9 Å². The van der Waals surface area contributed by atoms with Crippen LogP contribution in [-0.4, -0.2) is 18.8 Å². The molecule has 0 saturated heterocycles. The molecular formula is C16H18BrNO3. The summed E-state index contributed by atoms with van der Waals surface area (Å²) in [5.41, 5.74) is 1.72. The maximum Gasteiger partial charge on any atom is 0.163 e. The van der Waals surface area contributed by atoms with Crippen molar-refractivity contribution in [3.05, 3.63) is 46.4 Å². The summed E-state index contributed by atoms with van der Waals surface area (Å²) in [6, 6.07) is 11.2. The second-order valence-electron chi connectivity index (χ2n) is 4.40. The van der Waals surface area contributed by atoms with E-state index in [4.69, 9.17) is 9.47 Å². The Morgan fingerprint density at radius 3 is 2.71 bits per heavy atom. The van der Waals surface area contributed by atoms with Crippen LogP contribution in [0.2, 0.25) is 0 Å². The standard InChI is InChI=1S/C16H18BrNO3/c1-3-21-15-9-12(7-8-14(15)20-2)18-10-11-5-4-6-13(17)16(11)19/h4-9,18-19H,3,10H2,1-2H3. The lowest BCUT2D eigenvalue weighted by Crippen LogP contribution is -2.01. The van der Waals surface area contributed by atoms with Gasteiger partial charge in [-0.15, -0.1) is 0 Å². The lowest BCUT2D eigenvalue weighted by molar-refractivity contribution is 0.311. The monoisotopic (exact) mass is 351 g/mol. The number of phenols is 1. The predicted octanol–water partition coefficient (Wildman–Crippen LogP) is 4.17. The van der Waals surface area contributed by atoms with Crippen molar-refractivity contribution in [3.63, 3.8) is 0 Å². The van der Waals surface area contributed by atoms with E-state index in [0.717, 1.165) is 11.3 Å². The Kier molecular flexibility index (Phi) is 5.33. The smallest absolute Gasteiger partial charge is 0.163 e. The molecule has 2 rings (SSSR count). The van der Waals surface area contributed by atoms with Gasteiger partial charge in [0, 0.05) is 23.9 Å². The topological polar surface area (TPSA) is 50.7 Å². The van der Waals surface area contributed by atoms with Crippen LogP contribution in [0.5, 0.6) is 17.2 Å². The maximum absolute atomic E-state index is 9.96. The van der Waals surface area contributed by atoms with E-state index in [1.807, 2.05) is 37.3 Å². The van der Waals surface area contributed by atoms with Crippen LogP contribution in [0.25, 0.3) is 0 Å². The highest BCUT2D eigenvalue weighted by Crippen LogP contribution is 2.31. The molecule has 0 radical (unpaired) electrons. The van der Waals surface area contributed by atoms with Gasteiger partial charge >= 0.3 is 0 Å². The zero-order valence-corrected chi connectivity index (χ0v) is 13.6. The minimum absolute atomic E-state index is 0.253. The number of methoxy groups -OCH3 is 1. The Morgan fingerprint density at radius 1 is 1.19 bits per heavy atom. The molecule has 2 aromatic rings. The van der Waals surface area contributed by atoms with Gasteiger partial charge in [0.1, 0.15) is 5.75 Å². The molecule has 0 aliphatic heterocycles. The number of aromatic hydroxyl groups is 1. The Bertz CT molecular complexity index is 616. The van der Waals surface area contributed by atoms with Crippen molar-refractivity contribution in [3.8, 4) is 17.2 Å². The van der Waals surface area contributed by atoms with Crippen molar-refractivity contribution in [2.45, 2.75) is 13.5 Å². The summed E-state index contributed by atoms with van der Waals surface area (Å²) in [4.78, 5) is 0. The summed E-state index contributed by atoms with van der Waals surface area (Å²) in [5.74, 6) is 1.65. The van der Waals surface area contributed by atoms with E-state index in [1.54, 1.807) is 13.2 Å². The van der Waals surface area contributed by atoms with Crippen molar-refractivity contribution in [2.75, 3.05) is 19.0 Å². The van der Waals surface area contributed by atoms with Gasteiger partial charge in [-0.1, -0.05) is 12.1 Å². The van der Waals surface area contributed by atoms with Crippen molar-refractivity contribution in [1.82, 2.24) is 0 Å². The molecular weight excluding hydrogens is 334 g/mol. The number of para-hydroxylation sites is 1. The van der Waals surface area contributed by atoms with Crippen LogP contribution < -0.4 is 14.8 Å². The van der Waals surface area contributed by atoms with Crippen molar-refractivity contribution >= 4 is 21.6 Å². The van der Waals surface area contributed by atoms with E-state index in [9.17, 15) is 5.11 Å². The van der Waals surface area contributed by atoms with E-state index in [2.05, 4.69) is 21.2 Å². The molecule has 4 nitrogen and oxygen atoms in total. The fourth-order valence-electron chi connectivity index (χ4n) is 1.95. The molecule has 0 amide bonds. The first-order chi connectivity index (χ1) is 10.2. The largest absolute Gasteiger partial charge is 0.506 e. The number of anilines is 1. The molecule has 0 aliphatic rings. The fraction of sp³-hybridized carbons (Fsp3) is 0.250. The van der Waals surface area contributed by atoms with Gasteiger partial charge < -0.3 is 19.9 Å². The first-order valence-corrected chi connectivity index (χ1v) is 7.46. The minimum atomic E-state index is 0.253. The molecule has 0 bridgehead atoms. The quantitative estimate of drug-likeness (QED) is 0.819. The highest BCUT2D eigenvalue weighted by Gasteiger charge is 2.07. The van der Waals surface area contributed by atoms with Crippen LogP contribution in [-0.2, 0) is 6.54 Å². The first-order valence-electron chi connectivity index (χ1n) is 6.66. The molecule has 112 valence electrons. The van der Waals surface area contributed by atoms with Gasteiger partial charge in [0.25, 0.3) is 0 Å². The van der Waals surface area contributed by atoms with Gasteiger partial charge in [-0.2, -0.15) is 0 Å². The Hall–Kier alpha value is -1.88. The number of phenolic OH excluding ortho intramolecular Hbond substituents is 1. The molecule has 2 N–H and O–H groups in total. The summed E-state index contributed by atoms with van der Waals surface area (Å²) < 4.78 is 11.5. The average molecular weight is 352 g/mol. The molecule has 2 aromatic carbocycles. The van der Waals surface area contributed by atoms with Gasteiger partial charge in [-0.25, -0.2) is 0 Å². The normalized spacial score (nSPS) is 10.2. The third-order valence-corrected chi connectivity index (χ3v) is 3.66. The van der Waals surface area contributed by atoms with Gasteiger partial charge in [0.2, 0.25) is 0 Å². The van der Waals surface area contributed by atoms with Crippen LogP contribution in [0.3, 0.4) is 0 Å². The summed E-state index contributed by atoms with van der Waals surface area (Å²) in [6.07, 6.45) is 0. The number of halogens is 1. The molecule has 0 aliphatic carbocycles. The maximum atomic E-state index is 9.96. The number of hydrogen-bond acceptors (Lipinski definition) is 4. The van der Waals surface area contributed by atoms with E-state index in [-0.39, 0.29) is 5.75 Å².